The average molecular weight is 430 g/mol. The zero-order valence-electron chi connectivity index (χ0n) is 15.4. The van der Waals surface area contributed by atoms with Gasteiger partial charge in [-0.2, -0.15) is 10.1 Å². The molecule has 0 radical (unpaired) electrons. The number of ether oxygens (including phenoxy) is 1. The van der Waals surface area contributed by atoms with Gasteiger partial charge in [-0.05, 0) is 36.8 Å². The number of nitrogens with two attached hydrogens (primary N) is 1. The van der Waals surface area contributed by atoms with Crippen LogP contribution in [0.15, 0.2) is 60.1 Å². The third-order valence-electron chi connectivity index (χ3n) is 4.70. The number of carbonyl (C=O) groups is 1. The second kappa shape index (κ2) is 7.77. The molecule has 1 aliphatic heterocycles. The number of anilines is 1. The number of hydrogen-bond acceptors (Lipinski definition) is 5. The lowest BCUT2D eigenvalue weighted by atomic mass is 9.95. The maximum absolute atomic E-state index is 12.1. The van der Waals surface area contributed by atoms with Gasteiger partial charge in [-0.15, -0.1) is 0 Å². The second-order valence-electron chi connectivity index (χ2n) is 6.52. The van der Waals surface area contributed by atoms with Crippen molar-refractivity contribution in [2.24, 2.45) is 5.73 Å². The van der Waals surface area contributed by atoms with Crippen molar-refractivity contribution in [3.63, 3.8) is 0 Å². The molecular weight excluding hydrogens is 413 g/mol. The molecule has 29 heavy (non-hydrogen) atoms. The van der Waals surface area contributed by atoms with Gasteiger partial charge in [0, 0.05) is 21.3 Å². The normalized spacial score (nSPS) is 15.6. The van der Waals surface area contributed by atoms with Gasteiger partial charge in [-0.25, -0.2) is 4.68 Å². The highest BCUT2D eigenvalue weighted by Crippen LogP contribution is 2.35. The number of carbonyl (C=O) groups excluding carboxylic acids is 1. The quantitative estimate of drug-likeness (QED) is 0.640. The van der Waals surface area contributed by atoms with Crippen molar-refractivity contribution in [2.75, 3.05) is 5.32 Å². The molecule has 0 saturated carbocycles. The lowest BCUT2D eigenvalue weighted by molar-refractivity contribution is -0.115. The number of amides is 1. The molecule has 1 atom stereocenters. The number of nitrogens with zero attached hydrogens (tertiary/aromatic N) is 3. The fraction of sp³-hybridized carbons (Fsp3) is 0.150. The lowest BCUT2D eigenvalue weighted by Gasteiger charge is -2.27. The number of hydrogen-bond donors (Lipinski definition) is 2. The molecule has 0 fully saturated rings. The first-order valence-corrected chi connectivity index (χ1v) is 9.54. The molecule has 9 heteroatoms. The fourth-order valence-electron chi connectivity index (χ4n) is 3.29. The van der Waals surface area contributed by atoms with Crippen molar-refractivity contribution in [3.05, 3.63) is 81.2 Å². The first-order valence-electron chi connectivity index (χ1n) is 8.78. The SMILES string of the molecule is CC1=C(C(N)=O)[C@@H](c2ccc(OCc3c(Cl)cccc3Cl)cc2)n2ncnc2N1. The minimum absolute atomic E-state index is 0.240. The molecule has 1 amide bonds. The highest BCUT2D eigenvalue weighted by molar-refractivity contribution is 6.35. The van der Waals surface area contributed by atoms with Crippen molar-refractivity contribution < 1.29 is 9.53 Å². The van der Waals surface area contributed by atoms with E-state index in [9.17, 15) is 4.79 Å². The summed E-state index contributed by atoms with van der Waals surface area (Å²) in [4.78, 5) is 16.3. The molecule has 0 bridgehead atoms. The zero-order valence-corrected chi connectivity index (χ0v) is 16.9. The lowest BCUT2D eigenvalue weighted by Crippen LogP contribution is -2.31. The number of nitrogens with one attached hydrogen (secondary N) is 1. The van der Waals surface area contributed by atoms with E-state index in [0.29, 0.717) is 33.0 Å². The van der Waals surface area contributed by atoms with E-state index in [-0.39, 0.29) is 6.61 Å². The van der Waals surface area contributed by atoms with Gasteiger partial charge in [-0.1, -0.05) is 41.4 Å². The molecule has 1 aromatic heterocycles. The molecule has 7 nitrogen and oxygen atoms in total. The van der Waals surface area contributed by atoms with Crippen molar-refractivity contribution in [2.45, 2.75) is 19.6 Å². The Morgan fingerprint density at radius 2 is 1.90 bits per heavy atom. The summed E-state index contributed by atoms with van der Waals surface area (Å²) in [7, 11) is 0. The van der Waals surface area contributed by atoms with Crippen LogP contribution in [-0.2, 0) is 11.4 Å². The Kier molecular flexibility index (Phi) is 5.17. The van der Waals surface area contributed by atoms with E-state index >= 15 is 0 Å². The monoisotopic (exact) mass is 429 g/mol. The Labute approximate surface area is 177 Å². The van der Waals surface area contributed by atoms with Gasteiger partial charge >= 0.3 is 0 Å². The molecule has 4 rings (SSSR count). The summed E-state index contributed by atoms with van der Waals surface area (Å²) in [5.74, 6) is 0.667. The number of rotatable bonds is 5. The number of allylic oxidation sites excluding steroid dienone is 1. The molecule has 0 aliphatic carbocycles. The summed E-state index contributed by atoms with van der Waals surface area (Å²) in [5.41, 5.74) is 8.26. The van der Waals surface area contributed by atoms with Crippen molar-refractivity contribution in [1.82, 2.24) is 14.8 Å². The Morgan fingerprint density at radius 3 is 2.55 bits per heavy atom. The van der Waals surface area contributed by atoms with E-state index in [2.05, 4.69) is 15.4 Å². The molecule has 3 N–H and O–H groups in total. The van der Waals surface area contributed by atoms with Crippen molar-refractivity contribution in [1.29, 1.82) is 0 Å². The van der Waals surface area contributed by atoms with Crippen LogP contribution in [-0.4, -0.2) is 20.7 Å². The molecule has 2 heterocycles. The Hall–Kier alpha value is -3.03. The topological polar surface area (TPSA) is 95.1 Å². The number of halogens is 2. The van der Waals surface area contributed by atoms with Gasteiger partial charge in [0.15, 0.2) is 0 Å². The smallest absolute Gasteiger partial charge is 0.248 e. The van der Waals surface area contributed by atoms with Crippen molar-refractivity contribution >= 4 is 35.1 Å². The maximum atomic E-state index is 12.1. The summed E-state index contributed by atoms with van der Waals surface area (Å²) in [6.07, 6.45) is 1.43. The van der Waals surface area contributed by atoms with E-state index in [0.717, 1.165) is 11.1 Å². The van der Waals surface area contributed by atoms with Gasteiger partial charge in [0.2, 0.25) is 11.9 Å². The minimum Gasteiger partial charge on any atom is -0.489 e. The van der Waals surface area contributed by atoms with Crippen LogP contribution in [0.25, 0.3) is 0 Å². The van der Waals surface area contributed by atoms with Crippen LogP contribution in [0, 0.1) is 0 Å². The summed E-state index contributed by atoms with van der Waals surface area (Å²) >= 11 is 12.4. The first-order chi connectivity index (χ1) is 14.0. The Morgan fingerprint density at radius 1 is 1.21 bits per heavy atom. The van der Waals surface area contributed by atoms with Gasteiger partial charge in [0.1, 0.15) is 24.7 Å². The van der Waals surface area contributed by atoms with Gasteiger partial charge < -0.3 is 15.8 Å². The van der Waals surface area contributed by atoms with Crippen molar-refractivity contribution in [3.8, 4) is 5.75 Å². The van der Waals surface area contributed by atoms with Crippen LogP contribution in [0.1, 0.15) is 24.1 Å². The number of fused-ring (bicyclic) bond motifs is 1. The van der Waals surface area contributed by atoms with E-state index in [1.165, 1.54) is 6.33 Å². The maximum Gasteiger partial charge on any atom is 0.248 e. The molecule has 148 valence electrons. The summed E-state index contributed by atoms with van der Waals surface area (Å²) in [6, 6.07) is 12.2. The zero-order chi connectivity index (χ0) is 20.5. The van der Waals surface area contributed by atoms with Gasteiger partial charge in [-0.3, -0.25) is 4.79 Å². The highest BCUT2D eigenvalue weighted by Gasteiger charge is 2.32. The standard InChI is InChI=1S/C20H17Cl2N5O2/c1-11-17(19(23)28)18(27-20(26-11)24-10-25-27)12-5-7-13(8-6-12)29-9-14-15(21)3-2-4-16(14)22/h2-8,10,18H,9H2,1H3,(H2,23,28)(H,24,25,26)/t18-/m1/s1. The van der Waals surface area contributed by atoms with Gasteiger partial charge in [0.05, 0.1) is 5.57 Å². The number of aromatic nitrogens is 3. The summed E-state index contributed by atoms with van der Waals surface area (Å²) < 4.78 is 7.46. The predicted molar refractivity (Wildman–Crippen MR) is 111 cm³/mol. The fourth-order valence-corrected chi connectivity index (χ4v) is 3.80. The first kappa shape index (κ1) is 19.3. The number of benzene rings is 2. The minimum atomic E-state index is -0.519. The van der Waals surface area contributed by atoms with Gasteiger partial charge in [0.25, 0.3) is 0 Å². The highest BCUT2D eigenvalue weighted by atomic mass is 35.5. The van der Waals surface area contributed by atoms with Crippen LogP contribution >= 0.6 is 23.2 Å². The number of primary amides is 1. The molecule has 2 aromatic carbocycles. The largest absolute Gasteiger partial charge is 0.489 e. The molecule has 0 spiro atoms. The van der Waals surface area contributed by atoms with E-state index < -0.39 is 11.9 Å². The van der Waals surface area contributed by atoms with E-state index in [1.807, 2.05) is 24.3 Å². The summed E-state index contributed by atoms with van der Waals surface area (Å²) in [6.45, 7) is 2.03. The Bertz CT molecular complexity index is 1090. The third kappa shape index (κ3) is 3.66. The molecular formula is C20H17Cl2N5O2. The van der Waals surface area contributed by atoms with Crippen LogP contribution in [0.5, 0.6) is 5.75 Å². The van der Waals surface area contributed by atoms with Crippen LogP contribution in [0.2, 0.25) is 10.0 Å². The second-order valence-corrected chi connectivity index (χ2v) is 7.33. The predicted octanol–water partition coefficient (Wildman–Crippen LogP) is 3.94. The molecule has 3 aromatic rings. The van der Waals surface area contributed by atoms with E-state index in [1.54, 1.807) is 29.8 Å². The van der Waals surface area contributed by atoms with E-state index in [4.69, 9.17) is 33.7 Å². The third-order valence-corrected chi connectivity index (χ3v) is 5.41. The van der Waals surface area contributed by atoms with Crippen LogP contribution in [0.3, 0.4) is 0 Å². The van der Waals surface area contributed by atoms with Crippen LogP contribution < -0.4 is 15.8 Å². The molecule has 0 saturated heterocycles. The Balaban J connectivity index is 1.60. The molecule has 0 unspecified atom stereocenters. The average Bonchev–Trinajstić information content (AvgIpc) is 3.15. The van der Waals surface area contributed by atoms with Crippen LogP contribution in [0.4, 0.5) is 5.95 Å². The summed E-state index contributed by atoms with van der Waals surface area (Å²) in [5, 5.41) is 8.39. The molecule has 1 aliphatic rings.